The highest BCUT2D eigenvalue weighted by molar-refractivity contribution is 6.30. The van der Waals surface area contributed by atoms with Gasteiger partial charge in [-0.15, -0.1) is 0 Å². The van der Waals surface area contributed by atoms with Crippen LogP contribution in [0.1, 0.15) is 41.4 Å². The van der Waals surface area contributed by atoms with Crippen molar-refractivity contribution in [3.8, 4) is 5.75 Å². The van der Waals surface area contributed by atoms with E-state index in [1.54, 1.807) is 12.1 Å². The maximum atomic E-state index is 13.6. The zero-order valence-corrected chi connectivity index (χ0v) is 16.4. The van der Waals surface area contributed by atoms with Gasteiger partial charge < -0.3 is 4.74 Å². The molecular formula is C25H19ClO3. The van der Waals surface area contributed by atoms with Crippen molar-refractivity contribution in [2.75, 3.05) is 0 Å². The standard InChI is InChI=1S/C25H19ClO3/c26-18-11-12-23-22(13-18)25(24(28)29-23)20(16-7-3-1-4-8-16)14-19(27)15-21(25)17-9-5-2-6-10-17/h1-13,20-21H,14-15H2/t20-,21+,25?. The van der Waals surface area contributed by atoms with Crippen molar-refractivity contribution >= 4 is 23.4 Å². The molecule has 0 saturated heterocycles. The highest BCUT2D eigenvalue weighted by atomic mass is 35.5. The second-order valence-corrected chi connectivity index (χ2v) is 8.21. The quantitative estimate of drug-likeness (QED) is 0.424. The molecule has 1 spiro atoms. The van der Waals surface area contributed by atoms with Gasteiger partial charge in [-0.1, -0.05) is 72.3 Å². The summed E-state index contributed by atoms with van der Waals surface area (Å²) in [5, 5.41) is 0.553. The summed E-state index contributed by atoms with van der Waals surface area (Å²) in [6.07, 6.45) is 0.600. The summed E-state index contributed by atoms with van der Waals surface area (Å²) in [6, 6.07) is 24.9. The van der Waals surface area contributed by atoms with E-state index in [0.29, 0.717) is 23.6 Å². The third kappa shape index (κ3) is 2.72. The molecule has 1 saturated carbocycles. The lowest BCUT2D eigenvalue weighted by Crippen LogP contribution is -2.49. The summed E-state index contributed by atoms with van der Waals surface area (Å²) in [4.78, 5) is 26.5. The predicted octanol–water partition coefficient (Wildman–Crippen LogP) is 5.43. The summed E-state index contributed by atoms with van der Waals surface area (Å²) in [5.74, 6) is -0.244. The monoisotopic (exact) mass is 402 g/mol. The number of ether oxygens (including phenoxy) is 1. The van der Waals surface area contributed by atoms with Crippen LogP contribution in [0.3, 0.4) is 0 Å². The second kappa shape index (κ2) is 6.85. The number of halogens is 1. The first-order chi connectivity index (χ1) is 14.1. The Labute approximate surface area is 174 Å². The lowest BCUT2D eigenvalue weighted by molar-refractivity contribution is -0.142. The molecule has 0 radical (unpaired) electrons. The molecule has 0 N–H and O–H groups in total. The molecule has 0 bridgehead atoms. The van der Waals surface area contributed by atoms with Gasteiger partial charge >= 0.3 is 5.97 Å². The van der Waals surface area contributed by atoms with Crippen LogP contribution in [-0.4, -0.2) is 11.8 Å². The molecule has 4 heteroatoms. The average Bonchev–Trinajstić information content (AvgIpc) is 3.03. The van der Waals surface area contributed by atoms with Gasteiger partial charge in [-0.2, -0.15) is 0 Å². The Morgan fingerprint density at radius 2 is 1.34 bits per heavy atom. The Morgan fingerprint density at radius 1 is 0.793 bits per heavy atom. The summed E-state index contributed by atoms with van der Waals surface area (Å²) in [6.45, 7) is 0. The minimum absolute atomic E-state index is 0.154. The first-order valence-electron chi connectivity index (χ1n) is 9.74. The minimum atomic E-state index is -0.989. The molecular weight excluding hydrogens is 384 g/mol. The van der Waals surface area contributed by atoms with Gasteiger partial charge in [0.2, 0.25) is 0 Å². The number of benzene rings is 3. The summed E-state index contributed by atoms with van der Waals surface area (Å²) in [5.41, 5.74) is 1.72. The molecule has 1 aliphatic heterocycles. The summed E-state index contributed by atoms with van der Waals surface area (Å²) < 4.78 is 5.78. The molecule has 3 aromatic carbocycles. The van der Waals surface area contributed by atoms with Gasteiger partial charge in [-0.3, -0.25) is 9.59 Å². The lowest BCUT2D eigenvalue weighted by Gasteiger charge is -2.44. The molecule has 144 valence electrons. The van der Waals surface area contributed by atoms with Crippen molar-refractivity contribution < 1.29 is 14.3 Å². The fraction of sp³-hybridized carbons (Fsp3) is 0.200. The Morgan fingerprint density at radius 3 is 1.90 bits per heavy atom. The largest absolute Gasteiger partial charge is 0.425 e. The van der Waals surface area contributed by atoms with E-state index in [-0.39, 0.29) is 23.6 Å². The average molecular weight is 403 g/mol. The normalized spacial score (nSPS) is 25.7. The zero-order chi connectivity index (χ0) is 20.0. The van der Waals surface area contributed by atoms with Crippen molar-refractivity contribution in [3.05, 3.63) is 101 Å². The van der Waals surface area contributed by atoms with E-state index in [9.17, 15) is 9.59 Å². The Bertz CT molecular complexity index is 1040. The first-order valence-corrected chi connectivity index (χ1v) is 10.1. The van der Waals surface area contributed by atoms with E-state index in [0.717, 1.165) is 16.7 Å². The van der Waals surface area contributed by atoms with Crippen LogP contribution in [0.5, 0.6) is 5.75 Å². The van der Waals surface area contributed by atoms with Crippen molar-refractivity contribution in [2.24, 2.45) is 0 Å². The van der Waals surface area contributed by atoms with E-state index in [1.165, 1.54) is 0 Å². The highest BCUT2D eigenvalue weighted by Gasteiger charge is 2.62. The molecule has 1 aliphatic carbocycles. The van der Waals surface area contributed by atoms with Gasteiger partial charge in [0.15, 0.2) is 0 Å². The SMILES string of the molecule is O=C1C[C@H](c2ccccc2)C2(C(=O)Oc3ccc(Cl)cc32)[C@H](c2ccccc2)C1. The van der Waals surface area contributed by atoms with E-state index < -0.39 is 5.41 Å². The number of carbonyl (C=O) groups is 2. The topological polar surface area (TPSA) is 43.4 Å². The second-order valence-electron chi connectivity index (χ2n) is 7.77. The molecule has 0 aromatic heterocycles. The maximum absolute atomic E-state index is 13.6. The fourth-order valence-electron chi connectivity index (χ4n) is 5.10. The van der Waals surface area contributed by atoms with Crippen molar-refractivity contribution in [3.63, 3.8) is 0 Å². The van der Waals surface area contributed by atoms with E-state index in [2.05, 4.69) is 0 Å². The van der Waals surface area contributed by atoms with E-state index in [1.807, 2.05) is 66.7 Å². The number of Topliss-reactive ketones (excluding diaryl/α,β-unsaturated/α-hetero) is 1. The molecule has 3 aromatic rings. The van der Waals surface area contributed by atoms with Gasteiger partial charge in [-0.25, -0.2) is 0 Å². The first kappa shape index (κ1) is 18.1. The molecule has 3 atom stereocenters. The lowest BCUT2D eigenvalue weighted by atomic mass is 9.54. The molecule has 1 heterocycles. The third-order valence-corrected chi connectivity index (χ3v) is 6.53. The fourth-order valence-corrected chi connectivity index (χ4v) is 5.28. The smallest absolute Gasteiger partial charge is 0.323 e. The Kier molecular flexibility index (Phi) is 4.29. The summed E-state index contributed by atoms with van der Waals surface area (Å²) in [7, 11) is 0. The summed E-state index contributed by atoms with van der Waals surface area (Å²) >= 11 is 6.36. The predicted molar refractivity (Wildman–Crippen MR) is 111 cm³/mol. The van der Waals surface area contributed by atoms with Crippen LogP contribution in [0.15, 0.2) is 78.9 Å². The van der Waals surface area contributed by atoms with Crippen LogP contribution >= 0.6 is 11.6 Å². The highest BCUT2D eigenvalue weighted by Crippen LogP contribution is 2.60. The van der Waals surface area contributed by atoms with Gasteiger partial charge in [0.1, 0.15) is 16.9 Å². The molecule has 5 rings (SSSR count). The molecule has 29 heavy (non-hydrogen) atoms. The van der Waals surface area contributed by atoms with Crippen LogP contribution in [0.25, 0.3) is 0 Å². The number of fused-ring (bicyclic) bond motifs is 2. The van der Waals surface area contributed by atoms with Crippen LogP contribution in [0.2, 0.25) is 5.02 Å². The van der Waals surface area contributed by atoms with Gasteiger partial charge in [0, 0.05) is 35.3 Å². The molecule has 1 unspecified atom stereocenters. The number of hydrogen-bond acceptors (Lipinski definition) is 3. The number of rotatable bonds is 2. The Hall–Kier alpha value is -2.91. The van der Waals surface area contributed by atoms with Crippen molar-refractivity contribution in [2.45, 2.75) is 30.1 Å². The molecule has 3 nitrogen and oxygen atoms in total. The number of hydrogen-bond donors (Lipinski definition) is 0. The van der Waals surface area contributed by atoms with Crippen LogP contribution in [0, 0.1) is 0 Å². The van der Waals surface area contributed by atoms with Gasteiger partial charge in [0.05, 0.1) is 0 Å². The van der Waals surface area contributed by atoms with Crippen molar-refractivity contribution in [1.29, 1.82) is 0 Å². The van der Waals surface area contributed by atoms with Crippen molar-refractivity contribution in [1.82, 2.24) is 0 Å². The Balaban J connectivity index is 1.82. The molecule has 0 amide bonds. The number of esters is 1. The van der Waals surface area contributed by atoms with E-state index in [4.69, 9.17) is 16.3 Å². The van der Waals surface area contributed by atoms with Crippen LogP contribution in [-0.2, 0) is 15.0 Å². The third-order valence-electron chi connectivity index (χ3n) is 6.29. The zero-order valence-electron chi connectivity index (χ0n) is 15.7. The van der Waals surface area contributed by atoms with Gasteiger partial charge in [-0.05, 0) is 29.3 Å². The number of carbonyl (C=O) groups excluding carboxylic acids is 2. The molecule has 1 fully saturated rings. The van der Waals surface area contributed by atoms with E-state index >= 15 is 0 Å². The maximum Gasteiger partial charge on any atom is 0.323 e. The minimum Gasteiger partial charge on any atom is -0.425 e. The molecule has 2 aliphatic rings. The van der Waals surface area contributed by atoms with Crippen LogP contribution < -0.4 is 4.74 Å². The van der Waals surface area contributed by atoms with Crippen LogP contribution in [0.4, 0.5) is 0 Å². The number of ketones is 1. The van der Waals surface area contributed by atoms with Gasteiger partial charge in [0.25, 0.3) is 0 Å².